The smallest absolute Gasteiger partial charge is 0.410 e. The zero-order valence-electron chi connectivity index (χ0n) is 6.08. The maximum absolute atomic E-state index is 10.9. The van der Waals surface area contributed by atoms with Gasteiger partial charge in [0.2, 0.25) is 0 Å². The van der Waals surface area contributed by atoms with E-state index in [1.54, 1.807) is 4.90 Å². The average Bonchev–Trinajstić information content (AvgIpc) is 2.34. The van der Waals surface area contributed by atoms with Crippen LogP contribution in [0.2, 0.25) is 0 Å². The molecule has 5 heteroatoms. The number of carbonyl (C=O) groups is 1. The summed E-state index contributed by atoms with van der Waals surface area (Å²) in [6.45, 7) is 3.13. The minimum absolute atomic E-state index is 0. The monoisotopic (exact) mass is 178 g/mol. The molecule has 1 atom stereocenters. The fourth-order valence-corrected chi connectivity index (χ4v) is 1.40. The molecular formula is C6H11ClN2O2. The molecule has 2 fully saturated rings. The van der Waals surface area contributed by atoms with Gasteiger partial charge in [0.25, 0.3) is 0 Å². The molecule has 4 nitrogen and oxygen atoms in total. The van der Waals surface area contributed by atoms with E-state index in [4.69, 9.17) is 4.74 Å². The van der Waals surface area contributed by atoms with Gasteiger partial charge >= 0.3 is 6.09 Å². The Labute approximate surface area is 71.3 Å². The molecule has 1 amide bonds. The van der Waals surface area contributed by atoms with Gasteiger partial charge in [0.05, 0.1) is 6.04 Å². The highest BCUT2D eigenvalue weighted by Crippen LogP contribution is 2.12. The van der Waals surface area contributed by atoms with Crippen LogP contribution in [0.4, 0.5) is 4.79 Å². The first-order valence-electron chi connectivity index (χ1n) is 3.52. The molecule has 0 aromatic heterocycles. The third-order valence-electron chi connectivity index (χ3n) is 1.98. The molecular weight excluding hydrogens is 168 g/mol. The molecule has 0 unspecified atom stereocenters. The lowest BCUT2D eigenvalue weighted by Crippen LogP contribution is -2.49. The summed E-state index contributed by atoms with van der Waals surface area (Å²) in [4.78, 5) is 12.7. The van der Waals surface area contributed by atoms with Gasteiger partial charge in [-0.2, -0.15) is 0 Å². The summed E-state index contributed by atoms with van der Waals surface area (Å²) in [6.07, 6.45) is -0.147. The van der Waals surface area contributed by atoms with Gasteiger partial charge in [-0.25, -0.2) is 4.79 Å². The van der Waals surface area contributed by atoms with E-state index >= 15 is 0 Å². The third-order valence-corrected chi connectivity index (χ3v) is 1.98. The molecule has 64 valence electrons. The number of rotatable bonds is 0. The Morgan fingerprint density at radius 1 is 1.64 bits per heavy atom. The summed E-state index contributed by atoms with van der Waals surface area (Å²) in [6, 6.07) is 0.293. The highest BCUT2D eigenvalue weighted by atomic mass is 35.5. The van der Waals surface area contributed by atoms with Crippen molar-refractivity contribution in [2.24, 2.45) is 0 Å². The lowest BCUT2D eigenvalue weighted by atomic mass is 10.2. The molecule has 2 saturated heterocycles. The summed E-state index contributed by atoms with van der Waals surface area (Å²) in [5.41, 5.74) is 0. The van der Waals surface area contributed by atoms with E-state index in [0.717, 1.165) is 19.6 Å². The van der Waals surface area contributed by atoms with Crippen molar-refractivity contribution >= 4 is 18.5 Å². The van der Waals surface area contributed by atoms with Gasteiger partial charge in [-0.1, -0.05) is 0 Å². The molecule has 2 aliphatic heterocycles. The molecule has 0 bridgehead atoms. The average molecular weight is 179 g/mol. The minimum atomic E-state index is -0.147. The second-order valence-corrected chi connectivity index (χ2v) is 2.63. The van der Waals surface area contributed by atoms with Gasteiger partial charge in [0, 0.05) is 19.6 Å². The molecule has 0 aromatic carbocycles. The van der Waals surface area contributed by atoms with Crippen LogP contribution in [0.1, 0.15) is 0 Å². The van der Waals surface area contributed by atoms with Crippen LogP contribution in [0.25, 0.3) is 0 Å². The summed E-state index contributed by atoms with van der Waals surface area (Å²) >= 11 is 0. The Bertz CT molecular complexity index is 165. The van der Waals surface area contributed by atoms with Crippen LogP contribution in [-0.2, 0) is 4.74 Å². The van der Waals surface area contributed by atoms with E-state index in [2.05, 4.69) is 5.32 Å². The van der Waals surface area contributed by atoms with Gasteiger partial charge < -0.3 is 10.1 Å². The summed E-state index contributed by atoms with van der Waals surface area (Å²) in [7, 11) is 0. The Balaban J connectivity index is 0.000000605. The normalized spacial score (nSPS) is 28.9. The molecule has 0 radical (unpaired) electrons. The molecule has 11 heavy (non-hydrogen) atoms. The number of nitrogens with one attached hydrogen (secondary N) is 1. The Kier molecular flexibility index (Phi) is 2.57. The Morgan fingerprint density at radius 2 is 2.45 bits per heavy atom. The number of fused-ring (bicyclic) bond motifs is 1. The number of piperazine rings is 1. The van der Waals surface area contributed by atoms with Crippen molar-refractivity contribution in [2.75, 3.05) is 26.2 Å². The predicted octanol–water partition coefficient (Wildman–Crippen LogP) is -0.168. The lowest BCUT2D eigenvalue weighted by Gasteiger charge is -2.26. The molecule has 1 N–H and O–H groups in total. The highest BCUT2D eigenvalue weighted by Gasteiger charge is 2.34. The standard InChI is InChI=1S/C6H10N2O2.ClH/c9-6-8-2-1-7-3-5(8)4-10-6;/h5,7H,1-4H2;1H/t5-;/m0./s1. The van der Waals surface area contributed by atoms with Gasteiger partial charge in [0.1, 0.15) is 6.61 Å². The van der Waals surface area contributed by atoms with Gasteiger partial charge in [-0.15, -0.1) is 12.4 Å². The predicted molar refractivity (Wildman–Crippen MR) is 42.0 cm³/mol. The number of hydrogen-bond donors (Lipinski definition) is 1. The van der Waals surface area contributed by atoms with Gasteiger partial charge in [0.15, 0.2) is 0 Å². The van der Waals surface area contributed by atoms with Crippen LogP contribution in [0.3, 0.4) is 0 Å². The van der Waals surface area contributed by atoms with Crippen LogP contribution in [0, 0.1) is 0 Å². The quantitative estimate of drug-likeness (QED) is 0.560. The van der Waals surface area contributed by atoms with Crippen LogP contribution >= 0.6 is 12.4 Å². The van der Waals surface area contributed by atoms with E-state index in [1.165, 1.54) is 0 Å². The zero-order valence-corrected chi connectivity index (χ0v) is 6.89. The molecule has 0 saturated carbocycles. The largest absolute Gasteiger partial charge is 0.447 e. The highest BCUT2D eigenvalue weighted by molar-refractivity contribution is 5.85. The van der Waals surface area contributed by atoms with Crippen LogP contribution in [0.15, 0.2) is 0 Å². The topological polar surface area (TPSA) is 41.6 Å². The molecule has 0 aromatic rings. The van der Waals surface area contributed by atoms with Crippen molar-refractivity contribution in [1.82, 2.24) is 10.2 Å². The van der Waals surface area contributed by atoms with E-state index < -0.39 is 0 Å². The number of ether oxygens (including phenoxy) is 1. The zero-order chi connectivity index (χ0) is 6.97. The second-order valence-electron chi connectivity index (χ2n) is 2.63. The summed E-state index contributed by atoms with van der Waals surface area (Å²) in [5, 5.41) is 3.20. The fraction of sp³-hybridized carbons (Fsp3) is 0.833. The first-order chi connectivity index (χ1) is 4.88. The summed E-state index contributed by atoms with van der Waals surface area (Å²) in [5.74, 6) is 0. The number of cyclic esters (lactones) is 1. The van der Waals surface area contributed by atoms with Gasteiger partial charge in [-0.05, 0) is 0 Å². The first-order valence-corrected chi connectivity index (χ1v) is 3.52. The number of carbonyl (C=O) groups excluding carboxylic acids is 1. The van der Waals surface area contributed by atoms with Crippen LogP contribution in [0.5, 0.6) is 0 Å². The molecule has 0 spiro atoms. The molecule has 2 aliphatic rings. The van der Waals surface area contributed by atoms with Gasteiger partial charge in [-0.3, -0.25) is 4.90 Å². The van der Waals surface area contributed by atoms with Crippen molar-refractivity contribution < 1.29 is 9.53 Å². The van der Waals surface area contributed by atoms with Crippen LogP contribution in [-0.4, -0.2) is 43.3 Å². The van der Waals surface area contributed by atoms with Crippen molar-refractivity contribution in [3.63, 3.8) is 0 Å². The maximum Gasteiger partial charge on any atom is 0.410 e. The number of halogens is 1. The van der Waals surface area contributed by atoms with E-state index in [0.29, 0.717) is 12.6 Å². The van der Waals surface area contributed by atoms with E-state index in [1.807, 2.05) is 0 Å². The van der Waals surface area contributed by atoms with Crippen molar-refractivity contribution in [2.45, 2.75) is 6.04 Å². The van der Waals surface area contributed by atoms with Crippen molar-refractivity contribution in [1.29, 1.82) is 0 Å². The SMILES string of the molecule is Cl.O=C1OC[C@@H]2CNCCN12. The molecule has 2 rings (SSSR count). The van der Waals surface area contributed by atoms with E-state index in [9.17, 15) is 4.79 Å². The Hall–Kier alpha value is -0.480. The van der Waals surface area contributed by atoms with E-state index in [-0.39, 0.29) is 18.5 Å². The number of hydrogen-bond acceptors (Lipinski definition) is 3. The number of amides is 1. The first kappa shape index (κ1) is 8.62. The third kappa shape index (κ3) is 1.41. The van der Waals surface area contributed by atoms with Crippen molar-refractivity contribution in [3.8, 4) is 0 Å². The maximum atomic E-state index is 10.9. The Morgan fingerprint density at radius 3 is 3.18 bits per heavy atom. The lowest BCUT2D eigenvalue weighted by molar-refractivity contribution is 0.155. The number of nitrogens with zero attached hydrogens (tertiary/aromatic N) is 1. The van der Waals surface area contributed by atoms with Crippen LogP contribution < -0.4 is 5.32 Å². The fourth-order valence-electron chi connectivity index (χ4n) is 1.40. The second kappa shape index (κ2) is 3.28. The molecule has 0 aliphatic carbocycles. The summed E-state index contributed by atoms with van der Waals surface area (Å²) < 4.78 is 4.85. The molecule has 2 heterocycles. The minimum Gasteiger partial charge on any atom is -0.447 e. The van der Waals surface area contributed by atoms with Crippen molar-refractivity contribution in [3.05, 3.63) is 0 Å².